The van der Waals surface area contributed by atoms with Crippen molar-refractivity contribution >= 4 is 95.1 Å². The number of para-hydroxylation sites is 5. The van der Waals surface area contributed by atoms with Crippen molar-refractivity contribution in [3.05, 3.63) is 224 Å². The van der Waals surface area contributed by atoms with Crippen molar-refractivity contribution in [2.75, 3.05) is 14.7 Å². The normalized spacial score (nSPS) is 11.4. The number of nitrogens with zero attached hydrogens (tertiary/aromatic N) is 3. The molecule has 11 aromatic rings. The van der Waals surface area contributed by atoms with E-state index in [4.69, 9.17) is 8.83 Å². The van der Waals surface area contributed by atoms with Crippen molar-refractivity contribution in [2.45, 2.75) is 0 Å². The molecule has 0 aliphatic carbocycles. The Bertz CT molecular complexity index is 3190. The van der Waals surface area contributed by atoms with Crippen LogP contribution in [0.2, 0.25) is 0 Å². The van der Waals surface area contributed by atoms with Crippen LogP contribution in [0.4, 0.5) is 51.2 Å². The maximum Gasteiger partial charge on any atom is 0.137 e. The predicted molar refractivity (Wildman–Crippen MR) is 245 cm³/mol. The molecular weight excluding hydrogens is 723 g/mol. The van der Waals surface area contributed by atoms with Crippen molar-refractivity contribution < 1.29 is 8.83 Å². The van der Waals surface area contributed by atoms with Crippen LogP contribution in [-0.2, 0) is 0 Å². The Morgan fingerprint density at radius 3 is 1.05 bits per heavy atom. The lowest BCUT2D eigenvalue weighted by molar-refractivity contribution is 0.668. The number of hydrogen-bond acceptors (Lipinski definition) is 5. The first kappa shape index (κ1) is 34.2. The molecule has 0 aliphatic heterocycles. The van der Waals surface area contributed by atoms with E-state index in [1.54, 1.807) is 0 Å². The van der Waals surface area contributed by atoms with Gasteiger partial charge < -0.3 is 23.5 Å². The number of hydrogen-bond donors (Lipinski definition) is 0. The average Bonchev–Trinajstić information content (AvgIpc) is 3.86. The maximum atomic E-state index is 6.53. The summed E-state index contributed by atoms with van der Waals surface area (Å²) < 4.78 is 12.9. The molecule has 0 saturated carbocycles. The van der Waals surface area contributed by atoms with Crippen LogP contribution in [0, 0.1) is 0 Å². The monoisotopic (exact) mass is 759 g/mol. The second-order valence-electron chi connectivity index (χ2n) is 14.6. The summed E-state index contributed by atoms with van der Waals surface area (Å²) in [6.45, 7) is 0. The zero-order chi connectivity index (χ0) is 39.1. The van der Waals surface area contributed by atoms with E-state index in [0.717, 1.165) is 95.1 Å². The minimum absolute atomic E-state index is 0.830. The Kier molecular flexibility index (Phi) is 8.41. The highest BCUT2D eigenvalue weighted by Crippen LogP contribution is 2.44. The molecule has 11 rings (SSSR count). The van der Waals surface area contributed by atoms with Gasteiger partial charge in [-0.15, -0.1) is 0 Å². The van der Waals surface area contributed by atoms with Gasteiger partial charge in [-0.2, -0.15) is 0 Å². The molecule has 0 fully saturated rings. The summed E-state index contributed by atoms with van der Waals surface area (Å²) >= 11 is 0. The maximum absolute atomic E-state index is 6.53. The lowest BCUT2D eigenvalue weighted by Gasteiger charge is -2.29. The molecule has 0 bridgehead atoms. The average molecular weight is 760 g/mol. The first-order valence-corrected chi connectivity index (χ1v) is 19.8. The molecule has 0 saturated heterocycles. The van der Waals surface area contributed by atoms with Crippen LogP contribution in [0.5, 0.6) is 0 Å². The minimum atomic E-state index is 0.830. The van der Waals surface area contributed by atoms with Crippen LogP contribution in [-0.4, -0.2) is 0 Å². The topological polar surface area (TPSA) is 36.0 Å². The largest absolute Gasteiger partial charge is 0.456 e. The number of furan rings is 2. The second-order valence-corrected chi connectivity index (χ2v) is 14.6. The molecule has 2 heterocycles. The van der Waals surface area contributed by atoms with Gasteiger partial charge in [0.1, 0.15) is 22.3 Å². The van der Waals surface area contributed by atoms with E-state index in [2.05, 4.69) is 221 Å². The molecule has 0 radical (unpaired) electrons. The summed E-state index contributed by atoms with van der Waals surface area (Å²) in [4.78, 5) is 6.89. The van der Waals surface area contributed by atoms with Gasteiger partial charge in [-0.25, -0.2) is 0 Å². The van der Waals surface area contributed by atoms with Crippen LogP contribution in [0.3, 0.4) is 0 Å². The van der Waals surface area contributed by atoms with Crippen molar-refractivity contribution in [3.8, 4) is 0 Å². The molecule has 0 aliphatic rings. The van der Waals surface area contributed by atoms with Gasteiger partial charge >= 0.3 is 0 Å². The van der Waals surface area contributed by atoms with Crippen molar-refractivity contribution in [1.29, 1.82) is 0 Å². The molecule has 59 heavy (non-hydrogen) atoms. The zero-order valence-corrected chi connectivity index (χ0v) is 32.0. The zero-order valence-electron chi connectivity index (χ0n) is 32.0. The van der Waals surface area contributed by atoms with Gasteiger partial charge in [0.05, 0.1) is 0 Å². The Balaban J connectivity index is 1.05. The van der Waals surface area contributed by atoms with Crippen LogP contribution >= 0.6 is 0 Å². The summed E-state index contributed by atoms with van der Waals surface area (Å²) in [5, 5.41) is 4.28. The molecule has 280 valence electrons. The quantitative estimate of drug-likeness (QED) is 0.146. The molecule has 5 heteroatoms. The number of benzene rings is 9. The van der Waals surface area contributed by atoms with Crippen LogP contribution in [0.15, 0.2) is 233 Å². The third-order valence-corrected chi connectivity index (χ3v) is 11.0. The summed E-state index contributed by atoms with van der Waals surface area (Å²) in [7, 11) is 0. The second kappa shape index (κ2) is 14.5. The van der Waals surface area contributed by atoms with E-state index >= 15 is 0 Å². The SMILES string of the molecule is c1ccc(N(c2ccccc2)c2cccc(N(c3ccccc3)c3ccc4oc5ccc(N(c6ccccc6)c6ccc7c(c6)oc6ccccc67)cc5c4c3)c2)cc1. The fourth-order valence-corrected chi connectivity index (χ4v) is 8.31. The van der Waals surface area contributed by atoms with Crippen molar-refractivity contribution in [3.63, 3.8) is 0 Å². The molecule has 0 unspecified atom stereocenters. The number of anilines is 9. The highest BCUT2D eigenvalue weighted by Gasteiger charge is 2.21. The van der Waals surface area contributed by atoms with E-state index in [9.17, 15) is 0 Å². The van der Waals surface area contributed by atoms with Crippen molar-refractivity contribution in [2.24, 2.45) is 0 Å². The smallest absolute Gasteiger partial charge is 0.137 e. The third kappa shape index (κ3) is 6.22. The minimum Gasteiger partial charge on any atom is -0.456 e. The molecule has 0 amide bonds. The van der Waals surface area contributed by atoms with Crippen LogP contribution in [0.1, 0.15) is 0 Å². The van der Waals surface area contributed by atoms with Gasteiger partial charge in [0.2, 0.25) is 0 Å². The summed E-state index contributed by atoms with van der Waals surface area (Å²) in [5.74, 6) is 0. The van der Waals surface area contributed by atoms with E-state index in [1.807, 2.05) is 18.2 Å². The number of fused-ring (bicyclic) bond motifs is 6. The number of rotatable bonds is 9. The van der Waals surface area contributed by atoms with Gasteiger partial charge in [-0.3, -0.25) is 0 Å². The van der Waals surface area contributed by atoms with Gasteiger partial charge in [-0.1, -0.05) is 97.1 Å². The fourth-order valence-electron chi connectivity index (χ4n) is 8.31. The summed E-state index contributed by atoms with van der Waals surface area (Å²) in [5.41, 5.74) is 12.8. The van der Waals surface area contributed by atoms with E-state index in [-0.39, 0.29) is 0 Å². The van der Waals surface area contributed by atoms with E-state index in [1.165, 1.54) is 0 Å². The highest BCUT2D eigenvalue weighted by molar-refractivity contribution is 6.09. The van der Waals surface area contributed by atoms with Gasteiger partial charge in [-0.05, 0) is 121 Å². The van der Waals surface area contributed by atoms with Crippen LogP contribution < -0.4 is 14.7 Å². The molecular formula is C54H37N3O2. The molecule has 2 aromatic heterocycles. The van der Waals surface area contributed by atoms with Gasteiger partial charge in [0.15, 0.2) is 0 Å². The molecule has 5 nitrogen and oxygen atoms in total. The lowest BCUT2D eigenvalue weighted by Crippen LogP contribution is -2.13. The Hall–Kier alpha value is -8.02. The summed E-state index contributed by atoms with van der Waals surface area (Å²) in [6, 6.07) is 78.5. The van der Waals surface area contributed by atoms with E-state index < -0.39 is 0 Å². The Morgan fingerprint density at radius 2 is 0.542 bits per heavy atom. The third-order valence-electron chi connectivity index (χ3n) is 11.0. The highest BCUT2D eigenvalue weighted by atomic mass is 16.3. The Labute approximate surface area is 341 Å². The molecule has 0 N–H and O–H groups in total. The van der Waals surface area contributed by atoms with Crippen LogP contribution in [0.25, 0.3) is 43.9 Å². The Morgan fingerprint density at radius 1 is 0.203 bits per heavy atom. The lowest BCUT2D eigenvalue weighted by atomic mass is 10.1. The first-order chi connectivity index (χ1) is 29.2. The standard InChI is InChI=1S/C54H37N3O2/c1-5-16-38(17-6-1)55(39-18-7-2-8-19-39)42-24-15-25-43(34-42)56(40-20-9-3-10-21-40)44-29-32-52-49(35-44)50-36-45(30-33-53(50)58-52)57(41-22-11-4-12-23-41)46-28-31-48-47-26-13-14-27-51(47)59-54(48)37-46/h1-37H. The van der Waals surface area contributed by atoms with E-state index in [0.29, 0.717) is 0 Å². The predicted octanol–water partition coefficient (Wildman–Crippen LogP) is 15.9. The summed E-state index contributed by atoms with van der Waals surface area (Å²) in [6.07, 6.45) is 0. The fraction of sp³-hybridized carbons (Fsp3) is 0. The first-order valence-electron chi connectivity index (χ1n) is 19.8. The van der Waals surface area contributed by atoms with Gasteiger partial charge in [0, 0.05) is 78.8 Å². The molecule has 0 spiro atoms. The van der Waals surface area contributed by atoms with Crippen molar-refractivity contribution in [1.82, 2.24) is 0 Å². The molecule has 9 aromatic carbocycles. The van der Waals surface area contributed by atoms with Gasteiger partial charge in [0.25, 0.3) is 0 Å². The molecule has 0 atom stereocenters.